The van der Waals surface area contributed by atoms with Crippen LogP contribution in [0.15, 0.2) is 29.0 Å². The summed E-state index contributed by atoms with van der Waals surface area (Å²) in [6, 6.07) is 5.59. The average molecular weight is 214 g/mol. The maximum absolute atomic E-state index is 8.87. The van der Waals surface area contributed by atoms with Crippen LogP contribution in [-0.2, 0) is 6.54 Å². The predicted octanol–water partition coefficient (Wildman–Crippen LogP) is 1.86. The van der Waals surface area contributed by atoms with Gasteiger partial charge in [-0.25, -0.2) is 0 Å². The molecule has 0 aliphatic heterocycles. The lowest BCUT2D eigenvalue weighted by molar-refractivity contribution is 0.384. The fraction of sp³-hybridized carbons (Fsp3) is 0.182. The van der Waals surface area contributed by atoms with Crippen LogP contribution in [0.2, 0.25) is 0 Å². The van der Waals surface area contributed by atoms with Gasteiger partial charge in [0, 0.05) is 12.3 Å². The zero-order valence-corrected chi connectivity index (χ0v) is 8.77. The van der Waals surface area contributed by atoms with Gasteiger partial charge in [0.15, 0.2) is 5.76 Å². The minimum atomic E-state index is 0.487. The van der Waals surface area contributed by atoms with E-state index in [0.29, 0.717) is 17.8 Å². The van der Waals surface area contributed by atoms with E-state index >= 15 is 0 Å². The minimum absolute atomic E-state index is 0.487. The zero-order chi connectivity index (χ0) is 11.4. The van der Waals surface area contributed by atoms with Gasteiger partial charge in [0.25, 0.3) is 0 Å². The normalized spacial score (nSPS) is 9.75. The van der Waals surface area contributed by atoms with Crippen LogP contribution in [0.3, 0.4) is 0 Å². The Bertz CT molecular complexity index is 527. The van der Waals surface area contributed by atoms with Gasteiger partial charge in [0.1, 0.15) is 6.07 Å². The Balaban J connectivity index is 2.08. The first-order valence-electron chi connectivity index (χ1n) is 4.80. The summed E-state index contributed by atoms with van der Waals surface area (Å²) in [5.74, 6) is 0.727. The highest BCUT2D eigenvalue weighted by Crippen LogP contribution is 2.13. The molecule has 0 aliphatic rings. The lowest BCUT2D eigenvalue weighted by Gasteiger charge is -2.04. The molecule has 1 N–H and O–H groups in total. The van der Waals surface area contributed by atoms with Crippen molar-refractivity contribution in [1.82, 2.24) is 10.1 Å². The van der Waals surface area contributed by atoms with Gasteiger partial charge in [-0.15, -0.1) is 0 Å². The number of aryl methyl sites for hydroxylation is 1. The van der Waals surface area contributed by atoms with Gasteiger partial charge >= 0.3 is 0 Å². The number of rotatable bonds is 3. The van der Waals surface area contributed by atoms with E-state index in [1.165, 1.54) is 0 Å². The Hall–Kier alpha value is -2.35. The third-order valence-electron chi connectivity index (χ3n) is 2.07. The smallest absolute Gasteiger partial charge is 0.156 e. The molecule has 0 fully saturated rings. The second-order valence-corrected chi connectivity index (χ2v) is 3.32. The van der Waals surface area contributed by atoms with Crippen molar-refractivity contribution < 1.29 is 4.52 Å². The summed E-state index contributed by atoms with van der Waals surface area (Å²) in [6.07, 6.45) is 3.20. The van der Waals surface area contributed by atoms with Crippen molar-refractivity contribution in [2.75, 3.05) is 5.32 Å². The monoisotopic (exact) mass is 214 g/mol. The maximum atomic E-state index is 8.87. The van der Waals surface area contributed by atoms with Crippen LogP contribution in [0.1, 0.15) is 17.0 Å². The van der Waals surface area contributed by atoms with E-state index in [2.05, 4.69) is 21.5 Å². The molecule has 0 spiro atoms. The van der Waals surface area contributed by atoms with Gasteiger partial charge in [-0.2, -0.15) is 5.26 Å². The summed E-state index contributed by atoms with van der Waals surface area (Å²) < 4.78 is 5.04. The highest BCUT2D eigenvalue weighted by Gasteiger charge is 2.03. The third kappa shape index (κ3) is 2.17. The number of anilines is 1. The van der Waals surface area contributed by atoms with E-state index in [1.807, 2.05) is 13.0 Å². The predicted molar refractivity (Wildman–Crippen MR) is 57.5 cm³/mol. The highest BCUT2D eigenvalue weighted by molar-refractivity contribution is 5.55. The van der Waals surface area contributed by atoms with Crippen LogP contribution >= 0.6 is 0 Å². The van der Waals surface area contributed by atoms with E-state index < -0.39 is 0 Å². The highest BCUT2D eigenvalue weighted by atomic mass is 16.5. The van der Waals surface area contributed by atoms with Crippen molar-refractivity contribution in [3.8, 4) is 6.07 Å². The third-order valence-corrected chi connectivity index (χ3v) is 2.07. The van der Waals surface area contributed by atoms with Crippen LogP contribution in [0, 0.1) is 18.3 Å². The molecule has 0 saturated carbocycles. The van der Waals surface area contributed by atoms with Crippen LogP contribution in [0.25, 0.3) is 0 Å². The van der Waals surface area contributed by atoms with E-state index in [9.17, 15) is 0 Å². The number of aromatic nitrogens is 2. The number of hydrogen-bond acceptors (Lipinski definition) is 5. The van der Waals surface area contributed by atoms with E-state index in [0.717, 1.165) is 11.5 Å². The number of nitriles is 1. The van der Waals surface area contributed by atoms with E-state index in [1.54, 1.807) is 18.5 Å². The molecule has 2 heterocycles. The van der Waals surface area contributed by atoms with Crippen molar-refractivity contribution in [3.63, 3.8) is 0 Å². The molecule has 16 heavy (non-hydrogen) atoms. The standard InChI is InChI=1S/C11H10N4O/c1-8-4-10(16-15-8)6-14-11-7-13-3-2-9(11)5-12/h2-4,7,14H,6H2,1H3. The Morgan fingerprint density at radius 2 is 2.44 bits per heavy atom. The van der Waals surface area contributed by atoms with Gasteiger partial charge in [-0.05, 0) is 13.0 Å². The van der Waals surface area contributed by atoms with Crippen molar-refractivity contribution in [2.24, 2.45) is 0 Å². The molecule has 2 rings (SSSR count). The summed E-state index contributed by atoms with van der Waals surface area (Å²) in [6.45, 7) is 2.35. The molecule has 0 aromatic carbocycles. The van der Waals surface area contributed by atoms with Crippen molar-refractivity contribution >= 4 is 5.69 Å². The summed E-state index contributed by atoms with van der Waals surface area (Å²) in [5.41, 5.74) is 2.09. The van der Waals surface area contributed by atoms with Crippen LogP contribution in [0.5, 0.6) is 0 Å². The maximum Gasteiger partial charge on any atom is 0.156 e. The van der Waals surface area contributed by atoms with Crippen LogP contribution in [-0.4, -0.2) is 10.1 Å². The van der Waals surface area contributed by atoms with E-state index in [-0.39, 0.29) is 0 Å². The average Bonchev–Trinajstić information content (AvgIpc) is 2.73. The molecule has 0 radical (unpaired) electrons. The number of nitrogens with one attached hydrogen (secondary N) is 1. The lowest BCUT2D eigenvalue weighted by Crippen LogP contribution is -2.00. The largest absolute Gasteiger partial charge is 0.375 e. The second-order valence-electron chi connectivity index (χ2n) is 3.32. The molecule has 2 aromatic rings. The Morgan fingerprint density at radius 1 is 1.56 bits per heavy atom. The van der Waals surface area contributed by atoms with Crippen LogP contribution < -0.4 is 5.32 Å². The SMILES string of the molecule is Cc1cc(CNc2cnccc2C#N)on1. The van der Waals surface area contributed by atoms with Crippen molar-refractivity contribution in [1.29, 1.82) is 5.26 Å². The van der Waals surface area contributed by atoms with Crippen LogP contribution in [0.4, 0.5) is 5.69 Å². The summed E-state index contributed by atoms with van der Waals surface area (Å²) >= 11 is 0. The molecular formula is C11H10N4O. The molecule has 0 unspecified atom stereocenters. The zero-order valence-electron chi connectivity index (χ0n) is 8.77. The van der Waals surface area contributed by atoms with Crippen molar-refractivity contribution in [2.45, 2.75) is 13.5 Å². The lowest BCUT2D eigenvalue weighted by atomic mass is 10.2. The number of pyridine rings is 1. The molecule has 0 aliphatic carbocycles. The van der Waals surface area contributed by atoms with Gasteiger partial charge in [-0.1, -0.05) is 5.16 Å². The van der Waals surface area contributed by atoms with Gasteiger partial charge in [-0.3, -0.25) is 4.98 Å². The first kappa shape index (κ1) is 10.2. The molecule has 0 atom stereocenters. The Labute approximate surface area is 92.7 Å². The van der Waals surface area contributed by atoms with E-state index in [4.69, 9.17) is 9.78 Å². The number of hydrogen-bond donors (Lipinski definition) is 1. The fourth-order valence-electron chi connectivity index (χ4n) is 1.31. The summed E-state index contributed by atoms with van der Waals surface area (Å²) in [5, 5.41) is 15.7. The fourth-order valence-corrected chi connectivity index (χ4v) is 1.31. The summed E-state index contributed by atoms with van der Waals surface area (Å²) in [7, 11) is 0. The van der Waals surface area contributed by atoms with Gasteiger partial charge in [0.2, 0.25) is 0 Å². The Morgan fingerprint density at radius 3 is 3.12 bits per heavy atom. The van der Waals surface area contributed by atoms with Crippen molar-refractivity contribution in [3.05, 3.63) is 41.5 Å². The first-order chi connectivity index (χ1) is 7.79. The molecule has 0 saturated heterocycles. The summed E-state index contributed by atoms with van der Waals surface area (Å²) in [4.78, 5) is 3.95. The number of nitrogens with zero attached hydrogens (tertiary/aromatic N) is 3. The molecule has 80 valence electrons. The molecule has 5 heteroatoms. The first-order valence-corrected chi connectivity index (χ1v) is 4.80. The molecular weight excluding hydrogens is 204 g/mol. The molecule has 2 aromatic heterocycles. The quantitative estimate of drug-likeness (QED) is 0.844. The molecule has 0 bridgehead atoms. The van der Waals surface area contributed by atoms with Gasteiger partial charge in [0.05, 0.1) is 29.7 Å². The van der Waals surface area contributed by atoms with Gasteiger partial charge < -0.3 is 9.84 Å². The second kappa shape index (κ2) is 4.45. The topological polar surface area (TPSA) is 74.7 Å². The minimum Gasteiger partial charge on any atom is -0.375 e. The Kier molecular flexibility index (Phi) is 2.83. The molecule has 0 amide bonds. The molecule has 5 nitrogen and oxygen atoms in total.